The molecule has 44 heavy (non-hydrogen) atoms. The smallest absolute Gasteiger partial charge is 0.272 e. The molecular formula is C34H28Cl2N2O6. The Morgan fingerprint density at radius 3 is 2.02 bits per heavy atom. The van der Waals surface area contributed by atoms with E-state index in [1.807, 2.05) is 0 Å². The fourth-order valence-electron chi connectivity index (χ4n) is 4.09. The van der Waals surface area contributed by atoms with Gasteiger partial charge in [0, 0.05) is 28.4 Å². The molecule has 0 heterocycles. The maximum Gasteiger partial charge on any atom is 0.272 e. The van der Waals surface area contributed by atoms with E-state index >= 15 is 0 Å². The molecule has 4 aromatic carbocycles. The number of hydrogen-bond acceptors (Lipinski definition) is 6. The monoisotopic (exact) mass is 630 g/mol. The molecular weight excluding hydrogens is 603 g/mol. The third kappa shape index (κ3) is 7.86. The molecule has 8 nitrogen and oxygen atoms in total. The van der Waals surface area contributed by atoms with Crippen LogP contribution in [0.25, 0.3) is 12.2 Å². The lowest BCUT2D eigenvalue weighted by molar-refractivity contribution is -0.113. The van der Waals surface area contributed by atoms with Gasteiger partial charge in [-0.15, -0.1) is 0 Å². The SMILES string of the molecule is COc1cc(OC)c(OC)cc1/C=C/C(=O)c1ccc(NC(=O)/C(=C/c2cccc(Cl)c2Cl)NC(=O)c2ccccc2)cc1. The molecule has 0 bridgehead atoms. The van der Waals surface area contributed by atoms with Crippen LogP contribution in [0.5, 0.6) is 17.2 Å². The molecule has 0 saturated carbocycles. The number of amides is 2. The first kappa shape index (κ1) is 31.9. The van der Waals surface area contributed by atoms with Gasteiger partial charge in [-0.05, 0) is 72.3 Å². The minimum atomic E-state index is -0.607. The zero-order valence-electron chi connectivity index (χ0n) is 24.0. The molecule has 0 aliphatic rings. The Kier molecular flexibility index (Phi) is 10.8. The molecule has 0 aliphatic carbocycles. The number of halogens is 2. The number of allylic oxidation sites excluding steroid dienone is 1. The number of carbonyl (C=O) groups is 3. The van der Waals surface area contributed by atoms with Crippen LogP contribution in [-0.2, 0) is 4.79 Å². The summed E-state index contributed by atoms with van der Waals surface area (Å²) in [6.07, 6.45) is 4.47. The molecule has 0 spiro atoms. The largest absolute Gasteiger partial charge is 0.496 e. The second-order valence-corrected chi connectivity index (χ2v) is 9.98. The zero-order valence-corrected chi connectivity index (χ0v) is 25.5. The minimum absolute atomic E-state index is 0.0602. The molecule has 2 amide bonds. The Hall–Kier alpha value is -5.05. The van der Waals surface area contributed by atoms with Gasteiger partial charge in [-0.1, -0.05) is 53.5 Å². The van der Waals surface area contributed by atoms with Crippen molar-refractivity contribution in [1.29, 1.82) is 0 Å². The van der Waals surface area contributed by atoms with E-state index in [1.54, 1.807) is 91.0 Å². The molecule has 0 fully saturated rings. The van der Waals surface area contributed by atoms with Gasteiger partial charge in [0.1, 0.15) is 11.4 Å². The fourth-order valence-corrected chi connectivity index (χ4v) is 4.45. The van der Waals surface area contributed by atoms with Crippen LogP contribution in [0.15, 0.2) is 96.7 Å². The number of anilines is 1. The van der Waals surface area contributed by atoms with Crippen molar-refractivity contribution in [3.8, 4) is 17.2 Å². The van der Waals surface area contributed by atoms with Crippen molar-refractivity contribution in [3.05, 3.63) is 129 Å². The lowest BCUT2D eigenvalue weighted by atomic mass is 10.1. The summed E-state index contributed by atoms with van der Waals surface area (Å²) >= 11 is 12.5. The normalized spacial score (nSPS) is 11.2. The zero-order chi connectivity index (χ0) is 31.6. The molecule has 4 rings (SSSR count). The van der Waals surface area contributed by atoms with Gasteiger partial charge in [0.15, 0.2) is 17.3 Å². The van der Waals surface area contributed by atoms with Crippen molar-refractivity contribution in [2.45, 2.75) is 0 Å². The van der Waals surface area contributed by atoms with Crippen LogP contribution in [0.3, 0.4) is 0 Å². The van der Waals surface area contributed by atoms with Crippen molar-refractivity contribution in [3.63, 3.8) is 0 Å². The van der Waals surface area contributed by atoms with E-state index in [1.165, 1.54) is 33.5 Å². The lowest BCUT2D eigenvalue weighted by Gasteiger charge is -2.12. The summed E-state index contributed by atoms with van der Waals surface area (Å²) in [6, 6.07) is 23.1. The number of nitrogens with one attached hydrogen (secondary N) is 2. The molecule has 10 heteroatoms. The molecule has 0 saturated heterocycles. The van der Waals surface area contributed by atoms with Crippen LogP contribution in [0.2, 0.25) is 10.0 Å². The number of hydrogen-bond donors (Lipinski definition) is 2. The maximum absolute atomic E-state index is 13.3. The van der Waals surface area contributed by atoms with Crippen molar-refractivity contribution >= 4 is 58.6 Å². The van der Waals surface area contributed by atoms with Gasteiger partial charge >= 0.3 is 0 Å². The molecule has 0 unspecified atom stereocenters. The molecule has 0 radical (unpaired) electrons. The van der Waals surface area contributed by atoms with Gasteiger partial charge in [-0.25, -0.2) is 0 Å². The first-order chi connectivity index (χ1) is 21.2. The number of rotatable bonds is 11. The third-order valence-corrected chi connectivity index (χ3v) is 7.22. The summed E-state index contributed by atoms with van der Waals surface area (Å²) in [5.74, 6) is 0.136. The Bertz CT molecular complexity index is 1740. The van der Waals surface area contributed by atoms with Crippen LogP contribution in [0.4, 0.5) is 5.69 Å². The van der Waals surface area contributed by atoms with E-state index in [0.717, 1.165) is 0 Å². The summed E-state index contributed by atoms with van der Waals surface area (Å²) in [5.41, 5.74) is 2.15. The second kappa shape index (κ2) is 14.9. The van der Waals surface area contributed by atoms with Gasteiger partial charge in [-0.2, -0.15) is 0 Å². The number of benzene rings is 4. The standard InChI is InChI=1S/C34H28Cl2N2O6/c1-42-29-20-31(44-3)30(43-2)19-23(29)14-17-28(39)21-12-15-25(16-13-21)37-34(41)27(18-24-10-7-11-26(35)32(24)36)38-33(40)22-8-5-4-6-9-22/h4-20H,1-3H3,(H,37,41)(H,38,40)/b17-14+,27-18-. The van der Waals surface area contributed by atoms with E-state index in [2.05, 4.69) is 10.6 Å². The summed E-state index contributed by atoms with van der Waals surface area (Å²) in [7, 11) is 4.56. The topological polar surface area (TPSA) is 103 Å². The number of ketones is 1. The molecule has 0 aliphatic heterocycles. The summed E-state index contributed by atoms with van der Waals surface area (Å²) in [6.45, 7) is 0. The minimum Gasteiger partial charge on any atom is -0.496 e. The molecule has 0 atom stereocenters. The van der Waals surface area contributed by atoms with Crippen molar-refractivity contribution in [2.75, 3.05) is 26.6 Å². The Balaban J connectivity index is 1.53. The van der Waals surface area contributed by atoms with Gasteiger partial charge in [0.2, 0.25) is 0 Å². The average molecular weight is 632 g/mol. The van der Waals surface area contributed by atoms with Gasteiger partial charge in [-0.3, -0.25) is 14.4 Å². The summed E-state index contributed by atoms with van der Waals surface area (Å²) in [4.78, 5) is 39.1. The summed E-state index contributed by atoms with van der Waals surface area (Å²) in [5, 5.41) is 5.93. The fraction of sp³-hybridized carbons (Fsp3) is 0.0882. The van der Waals surface area contributed by atoms with E-state index < -0.39 is 11.8 Å². The van der Waals surface area contributed by atoms with E-state index in [4.69, 9.17) is 37.4 Å². The molecule has 4 aromatic rings. The van der Waals surface area contributed by atoms with Gasteiger partial charge < -0.3 is 24.8 Å². The maximum atomic E-state index is 13.3. The highest BCUT2D eigenvalue weighted by molar-refractivity contribution is 6.43. The molecule has 0 aromatic heterocycles. The first-order valence-electron chi connectivity index (χ1n) is 13.2. The predicted molar refractivity (Wildman–Crippen MR) is 173 cm³/mol. The van der Waals surface area contributed by atoms with E-state index in [0.29, 0.717) is 50.2 Å². The first-order valence-corrected chi connectivity index (χ1v) is 14.0. The average Bonchev–Trinajstić information content (AvgIpc) is 3.05. The van der Waals surface area contributed by atoms with Crippen LogP contribution >= 0.6 is 23.2 Å². The summed E-state index contributed by atoms with van der Waals surface area (Å²) < 4.78 is 16.1. The highest BCUT2D eigenvalue weighted by Crippen LogP contribution is 2.35. The highest BCUT2D eigenvalue weighted by atomic mass is 35.5. The molecule has 2 N–H and O–H groups in total. The van der Waals surface area contributed by atoms with Crippen LogP contribution in [0, 0.1) is 0 Å². The van der Waals surface area contributed by atoms with Gasteiger partial charge in [0.25, 0.3) is 11.8 Å². The lowest BCUT2D eigenvalue weighted by Crippen LogP contribution is -2.30. The van der Waals surface area contributed by atoms with Crippen molar-refractivity contribution < 1.29 is 28.6 Å². The molecule has 224 valence electrons. The Labute approximate surface area is 264 Å². The highest BCUT2D eigenvalue weighted by Gasteiger charge is 2.17. The van der Waals surface area contributed by atoms with Crippen LogP contribution in [0.1, 0.15) is 31.8 Å². The third-order valence-electron chi connectivity index (χ3n) is 6.39. The number of carbonyl (C=O) groups excluding carboxylic acids is 3. The van der Waals surface area contributed by atoms with Crippen molar-refractivity contribution in [1.82, 2.24) is 5.32 Å². The Morgan fingerprint density at radius 2 is 1.36 bits per heavy atom. The van der Waals surface area contributed by atoms with Crippen molar-refractivity contribution in [2.24, 2.45) is 0 Å². The second-order valence-electron chi connectivity index (χ2n) is 9.20. The van der Waals surface area contributed by atoms with Crippen LogP contribution < -0.4 is 24.8 Å². The quantitative estimate of drug-likeness (QED) is 0.133. The van der Waals surface area contributed by atoms with Crippen LogP contribution in [-0.4, -0.2) is 38.9 Å². The number of methoxy groups -OCH3 is 3. The Morgan fingerprint density at radius 1 is 0.705 bits per heavy atom. The predicted octanol–water partition coefficient (Wildman–Crippen LogP) is 7.32. The number of ether oxygens (including phenoxy) is 3. The van der Waals surface area contributed by atoms with E-state index in [9.17, 15) is 14.4 Å². The van der Waals surface area contributed by atoms with E-state index in [-0.39, 0.29) is 16.5 Å². The van der Waals surface area contributed by atoms with Gasteiger partial charge in [0.05, 0.1) is 31.4 Å².